The summed E-state index contributed by atoms with van der Waals surface area (Å²) in [5.41, 5.74) is 0.990. The van der Waals surface area contributed by atoms with E-state index in [1.165, 1.54) is 30.6 Å². The van der Waals surface area contributed by atoms with Crippen molar-refractivity contribution in [2.45, 2.75) is 6.54 Å². The van der Waals surface area contributed by atoms with Gasteiger partial charge in [-0.25, -0.2) is 18.7 Å². The first-order valence-corrected chi connectivity index (χ1v) is 7.48. The Kier molecular flexibility index (Phi) is 4.94. The summed E-state index contributed by atoms with van der Waals surface area (Å²) < 4.78 is 26.8. The van der Waals surface area contributed by atoms with E-state index in [1.807, 2.05) is 0 Å². The highest BCUT2D eigenvalue weighted by molar-refractivity contribution is 5.92. The van der Waals surface area contributed by atoms with Gasteiger partial charge in [-0.3, -0.25) is 4.79 Å². The Morgan fingerprint density at radius 2 is 1.84 bits per heavy atom. The summed E-state index contributed by atoms with van der Waals surface area (Å²) >= 11 is 0. The first-order chi connectivity index (χ1) is 12.1. The van der Waals surface area contributed by atoms with E-state index in [9.17, 15) is 13.6 Å². The summed E-state index contributed by atoms with van der Waals surface area (Å²) in [6.07, 6.45) is 1.22. The molecule has 0 atom stereocenters. The van der Waals surface area contributed by atoms with Crippen LogP contribution in [-0.2, 0) is 6.54 Å². The number of carbonyl (C=O) groups is 1. The van der Waals surface area contributed by atoms with Gasteiger partial charge in [-0.15, -0.1) is 0 Å². The summed E-state index contributed by atoms with van der Waals surface area (Å²) in [6.45, 7) is 0.0438. The van der Waals surface area contributed by atoms with E-state index in [0.29, 0.717) is 17.1 Å². The topological polar surface area (TPSA) is 66.9 Å². The molecule has 0 spiro atoms. The van der Waals surface area contributed by atoms with Gasteiger partial charge in [0, 0.05) is 23.9 Å². The maximum absolute atomic E-state index is 13.6. The zero-order valence-electron chi connectivity index (χ0n) is 13.0. The van der Waals surface area contributed by atoms with E-state index in [0.717, 1.165) is 0 Å². The van der Waals surface area contributed by atoms with Crippen LogP contribution in [0.5, 0.6) is 0 Å². The molecule has 0 saturated carbocycles. The van der Waals surface area contributed by atoms with E-state index >= 15 is 0 Å². The Balaban J connectivity index is 1.68. The quantitative estimate of drug-likeness (QED) is 0.747. The third kappa shape index (κ3) is 4.35. The molecule has 0 aliphatic heterocycles. The van der Waals surface area contributed by atoms with Crippen molar-refractivity contribution in [3.05, 3.63) is 83.8 Å². The third-order valence-electron chi connectivity index (χ3n) is 3.39. The largest absolute Gasteiger partial charge is 0.347 e. The molecule has 3 aromatic rings. The van der Waals surface area contributed by atoms with Crippen LogP contribution >= 0.6 is 0 Å². The predicted molar refractivity (Wildman–Crippen MR) is 89.3 cm³/mol. The Morgan fingerprint density at radius 1 is 1.00 bits per heavy atom. The number of aromatic nitrogens is 2. The van der Waals surface area contributed by atoms with Crippen molar-refractivity contribution in [2.75, 3.05) is 5.32 Å². The lowest BCUT2D eigenvalue weighted by Gasteiger charge is -2.08. The molecule has 0 radical (unpaired) electrons. The molecule has 7 heteroatoms. The van der Waals surface area contributed by atoms with E-state index in [4.69, 9.17) is 0 Å². The number of nitrogens with zero attached hydrogens (tertiary/aromatic N) is 2. The zero-order chi connectivity index (χ0) is 17.6. The molecule has 0 fully saturated rings. The molecule has 5 nitrogen and oxygen atoms in total. The first kappa shape index (κ1) is 16.5. The molecule has 2 aromatic carbocycles. The van der Waals surface area contributed by atoms with Crippen molar-refractivity contribution in [2.24, 2.45) is 0 Å². The Morgan fingerprint density at radius 3 is 2.64 bits per heavy atom. The van der Waals surface area contributed by atoms with Gasteiger partial charge in [-0.05, 0) is 24.3 Å². The summed E-state index contributed by atoms with van der Waals surface area (Å²) in [5.74, 6) is -0.898. The van der Waals surface area contributed by atoms with Crippen molar-refractivity contribution >= 4 is 17.4 Å². The molecule has 1 heterocycles. The van der Waals surface area contributed by atoms with Crippen molar-refractivity contribution in [3.63, 3.8) is 0 Å². The van der Waals surface area contributed by atoms with Crippen LogP contribution in [0.3, 0.4) is 0 Å². The average molecular weight is 340 g/mol. The van der Waals surface area contributed by atoms with Crippen molar-refractivity contribution in [3.8, 4) is 0 Å². The highest BCUT2D eigenvalue weighted by atomic mass is 19.1. The Hall–Kier alpha value is -3.35. The van der Waals surface area contributed by atoms with E-state index < -0.39 is 5.91 Å². The van der Waals surface area contributed by atoms with E-state index in [1.54, 1.807) is 30.3 Å². The van der Waals surface area contributed by atoms with Crippen LogP contribution in [0.25, 0.3) is 0 Å². The monoisotopic (exact) mass is 340 g/mol. The van der Waals surface area contributed by atoms with Crippen LogP contribution in [0, 0.1) is 11.6 Å². The Bertz CT molecular complexity index is 902. The van der Waals surface area contributed by atoms with Crippen molar-refractivity contribution in [1.29, 1.82) is 0 Å². The van der Waals surface area contributed by atoms with Gasteiger partial charge in [-0.1, -0.05) is 24.3 Å². The maximum Gasteiger partial charge on any atom is 0.270 e. The zero-order valence-corrected chi connectivity index (χ0v) is 13.0. The van der Waals surface area contributed by atoms with Gasteiger partial charge in [0.25, 0.3) is 5.91 Å². The highest BCUT2D eigenvalue weighted by Crippen LogP contribution is 2.15. The minimum Gasteiger partial charge on any atom is -0.347 e. The molecule has 0 unspecified atom stereocenters. The van der Waals surface area contributed by atoms with E-state index in [2.05, 4.69) is 20.6 Å². The number of hydrogen-bond acceptors (Lipinski definition) is 4. The molecule has 1 aromatic heterocycles. The second-order valence-corrected chi connectivity index (χ2v) is 5.20. The molecule has 0 bridgehead atoms. The summed E-state index contributed by atoms with van der Waals surface area (Å²) in [4.78, 5) is 20.1. The SMILES string of the molecule is O=C(NCc1ccccc1F)c1cc(Nc2cccc(F)c2)ncn1. The van der Waals surface area contributed by atoms with Crippen LogP contribution in [0.2, 0.25) is 0 Å². The smallest absolute Gasteiger partial charge is 0.270 e. The number of anilines is 2. The maximum atomic E-state index is 13.6. The van der Waals surface area contributed by atoms with Gasteiger partial charge in [0.1, 0.15) is 29.5 Å². The minimum atomic E-state index is -0.465. The van der Waals surface area contributed by atoms with Crippen LogP contribution in [0.15, 0.2) is 60.9 Å². The van der Waals surface area contributed by atoms with Gasteiger partial charge in [0.15, 0.2) is 0 Å². The second-order valence-electron chi connectivity index (χ2n) is 5.20. The minimum absolute atomic E-state index is 0.0438. The lowest BCUT2D eigenvalue weighted by Crippen LogP contribution is -2.24. The number of benzene rings is 2. The molecule has 2 N–H and O–H groups in total. The summed E-state index contributed by atoms with van der Waals surface area (Å²) in [5, 5.41) is 5.49. The number of amides is 1. The molecule has 3 rings (SSSR count). The van der Waals surface area contributed by atoms with Crippen molar-refractivity contribution in [1.82, 2.24) is 15.3 Å². The molecule has 126 valence electrons. The van der Waals surface area contributed by atoms with Crippen LogP contribution in [0.4, 0.5) is 20.3 Å². The number of rotatable bonds is 5. The number of nitrogens with one attached hydrogen (secondary N) is 2. The number of halogens is 2. The highest BCUT2D eigenvalue weighted by Gasteiger charge is 2.10. The fraction of sp³-hybridized carbons (Fsp3) is 0.0556. The number of hydrogen-bond donors (Lipinski definition) is 2. The second kappa shape index (κ2) is 7.48. The standard InChI is InChI=1S/C18H14F2N4O/c19-13-5-3-6-14(8-13)24-17-9-16(22-11-23-17)18(25)21-10-12-4-1-2-7-15(12)20/h1-9,11H,10H2,(H,21,25)(H,22,23,24). The van der Waals surface area contributed by atoms with Gasteiger partial charge in [-0.2, -0.15) is 0 Å². The van der Waals surface area contributed by atoms with Crippen LogP contribution in [-0.4, -0.2) is 15.9 Å². The third-order valence-corrected chi connectivity index (χ3v) is 3.39. The van der Waals surface area contributed by atoms with Crippen LogP contribution < -0.4 is 10.6 Å². The fourth-order valence-electron chi connectivity index (χ4n) is 2.17. The van der Waals surface area contributed by atoms with Gasteiger partial charge < -0.3 is 10.6 Å². The molecule has 1 amide bonds. The van der Waals surface area contributed by atoms with Gasteiger partial charge >= 0.3 is 0 Å². The van der Waals surface area contributed by atoms with Gasteiger partial charge in [0.2, 0.25) is 0 Å². The lowest BCUT2D eigenvalue weighted by atomic mass is 10.2. The molecular weight excluding hydrogens is 326 g/mol. The van der Waals surface area contributed by atoms with Crippen LogP contribution in [0.1, 0.15) is 16.1 Å². The average Bonchev–Trinajstić information content (AvgIpc) is 2.61. The molecule has 0 aliphatic carbocycles. The summed E-state index contributed by atoms with van der Waals surface area (Å²) in [7, 11) is 0. The van der Waals surface area contributed by atoms with Crippen molar-refractivity contribution < 1.29 is 13.6 Å². The normalized spacial score (nSPS) is 10.3. The van der Waals surface area contributed by atoms with Gasteiger partial charge in [0.05, 0.1) is 0 Å². The first-order valence-electron chi connectivity index (χ1n) is 7.48. The fourth-order valence-corrected chi connectivity index (χ4v) is 2.17. The molecule has 0 aliphatic rings. The molecule has 25 heavy (non-hydrogen) atoms. The molecular formula is C18H14F2N4O. The molecule has 0 saturated heterocycles. The lowest BCUT2D eigenvalue weighted by molar-refractivity contribution is 0.0945. The van der Waals surface area contributed by atoms with E-state index in [-0.39, 0.29) is 23.9 Å². The number of carbonyl (C=O) groups excluding carboxylic acids is 1. The predicted octanol–water partition coefficient (Wildman–Crippen LogP) is 3.43. The summed E-state index contributed by atoms with van der Waals surface area (Å²) in [6, 6.07) is 13.5. The Labute approximate surface area is 142 Å².